The summed E-state index contributed by atoms with van der Waals surface area (Å²) >= 11 is 5.47. The second kappa shape index (κ2) is 11.2. The average molecular weight is 469 g/mol. The third-order valence-corrected chi connectivity index (χ3v) is 4.59. The van der Waals surface area contributed by atoms with E-state index in [1.54, 1.807) is 44.6 Å². The number of ether oxygens (including phenoxy) is 2. The molecule has 0 atom stereocenters. The van der Waals surface area contributed by atoms with E-state index in [4.69, 9.17) is 21.7 Å². The van der Waals surface area contributed by atoms with Crippen molar-refractivity contribution in [2.75, 3.05) is 24.9 Å². The van der Waals surface area contributed by atoms with Gasteiger partial charge < -0.3 is 20.1 Å². The third-order valence-electron chi connectivity index (χ3n) is 4.39. The number of thiocarbonyl (C=S) groups is 1. The number of rotatable bonds is 6. The van der Waals surface area contributed by atoms with Crippen molar-refractivity contribution in [3.05, 3.63) is 71.3 Å². The molecular formula is C23H25FN6O2S. The van der Waals surface area contributed by atoms with Gasteiger partial charge >= 0.3 is 0 Å². The maximum absolute atomic E-state index is 13.2. The fraction of sp³-hybridized carbons (Fsp3) is 0.217. The number of hydrogen-bond donors (Lipinski definition) is 3. The molecule has 33 heavy (non-hydrogen) atoms. The van der Waals surface area contributed by atoms with Crippen LogP contribution in [-0.4, -0.2) is 35.3 Å². The van der Waals surface area contributed by atoms with Crippen molar-refractivity contribution in [3.8, 4) is 11.5 Å². The summed E-state index contributed by atoms with van der Waals surface area (Å²) in [6.07, 6.45) is 0. The number of nitrogens with zero attached hydrogens (tertiary/aromatic N) is 3. The Hall–Kier alpha value is -3.79. The summed E-state index contributed by atoms with van der Waals surface area (Å²) in [6, 6.07) is 13.3. The molecule has 0 aliphatic rings. The quantitative estimate of drug-likeness (QED) is 0.282. The lowest BCUT2D eigenvalue weighted by Crippen LogP contribution is -2.39. The van der Waals surface area contributed by atoms with Crippen LogP contribution in [0, 0.1) is 19.7 Å². The number of anilines is 2. The molecular weight excluding hydrogens is 443 g/mol. The molecule has 0 bridgehead atoms. The van der Waals surface area contributed by atoms with E-state index < -0.39 is 0 Å². The minimum atomic E-state index is -0.304. The summed E-state index contributed by atoms with van der Waals surface area (Å²) in [6.45, 7) is 4.05. The summed E-state index contributed by atoms with van der Waals surface area (Å²) in [5, 5.41) is 9.47. The van der Waals surface area contributed by atoms with Gasteiger partial charge in [-0.25, -0.2) is 19.4 Å². The number of methoxy groups -OCH3 is 2. The molecule has 2 aromatic carbocycles. The Kier molecular flexibility index (Phi) is 8.09. The number of nitrogens with one attached hydrogen (secondary N) is 3. The molecule has 0 spiro atoms. The highest BCUT2D eigenvalue weighted by Crippen LogP contribution is 2.25. The van der Waals surface area contributed by atoms with Crippen LogP contribution in [0.4, 0.5) is 16.0 Å². The molecule has 0 saturated carbocycles. The Morgan fingerprint density at radius 2 is 1.55 bits per heavy atom. The van der Waals surface area contributed by atoms with E-state index in [9.17, 15) is 4.39 Å². The van der Waals surface area contributed by atoms with Crippen LogP contribution in [0.15, 0.2) is 53.5 Å². The fourth-order valence-corrected chi connectivity index (χ4v) is 3.12. The van der Waals surface area contributed by atoms with Gasteiger partial charge in [0.2, 0.25) is 11.9 Å². The first-order chi connectivity index (χ1) is 15.8. The van der Waals surface area contributed by atoms with Gasteiger partial charge in [-0.2, -0.15) is 0 Å². The number of benzene rings is 2. The van der Waals surface area contributed by atoms with Crippen molar-refractivity contribution >= 4 is 34.9 Å². The van der Waals surface area contributed by atoms with Crippen molar-refractivity contribution < 1.29 is 13.9 Å². The van der Waals surface area contributed by atoms with Gasteiger partial charge in [0, 0.05) is 35.3 Å². The van der Waals surface area contributed by atoms with Crippen LogP contribution < -0.4 is 25.4 Å². The predicted octanol–water partition coefficient (Wildman–Crippen LogP) is 4.20. The number of aryl methyl sites for hydroxylation is 2. The van der Waals surface area contributed by atoms with E-state index in [0.717, 1.165) is 17.0 Å². The summed E-state index contributed by atoms with van der Waals surface area (Å²) < 4.78 is 23.8. The molecule has 172 valence electrons. The van der Waals surface area contributed by atoms with Crippen LogP contribution in [0.1, 0.15) is 17.0 Å². The van der Waals surface area contributed by atoms with Crippen molar-refractivity contribution in [1.29, 1.82) is 0 Å². The molecule has 0 unspecified atom stereocenters. The fourth-order valence-electron chi connectivity index (χ4n) is 2.91. The summed E-state index contributed by atoms with van der Waals surface area (Å²) in [4.78, 5) is 13.3. The van der Waals surface area contributed by atoms with Gasteiger partial charge in [0.1, 0.15) is 17.3 Å². The average Bonchev–Trinajstić information content (AvgIpc) is 2.77. The van der Waals surface area contributed by atoms with Gasteiger partial charge in [0.05, 0.1) is 20.8 Å². The van der Waals surface area contributed by atoms with Gasteiger partial charge in [-0.15, -0.1) is 0 Å². The Bertz CT molecular complexity index is 1110. The highest BCUT2D eigenvalue weighted by atomic mass is 32.1. The van der Waals surface area contributed by atoms with Gasteiger partial charge in [0.15, 0.2) is 5.11 Å². The maximum Gasteiger partial charge on any atom is 0.229 e. The summed E-state index contributed by atoms with van der Waals surface area (Å²) in [5.74, 6) is 1.64. The minimum absolute atomic E-state index is 0.278. The smallest absolute Gasteiger partial charge is 0.229 e. The van der Waals surface area contributed by atoms with Crippen LogP contribution >= 0.6 is 12.2 Å². The molecule has 8 nitrogen and oxygen atoms in total. The second-order valence-electron chi connectivity index (χ2n) is 7.07. The lowest BCUT2D eigenvalue weighted by molar-refractivity contribution is 0.395. The molecule has 10 heteroatoms. The van der Waals surface area contributed by atoms with Crippen LogP contribution in [0.25, 0.3) is 0 Å². The monoisotopic (exact) mass is 468 g/mol. The summed E-state index contributed by atoms with van der Waals surface area (Å²) in [5.41, 5.74) is 3.12. The van der Waals surface area contributed by atoms with Gasteiger partial charge in [0.25, 0.3) is 0 Å². The third kappa shape index (κ3) is 7.39. The molecule has 0 amide bonds. The van der Waals surface area contributed by atoms with Crippen LogP contribution in [0.5, 0.6) is 11.5 Å². The molecule has 0 aliphatic carbocycles. The van der Waals surface area contributed by atoms with Crippen molar-refractivity contribution in [3.63, 3.8) is 0 Å². The van der Waals surface area contributed by atoms with Crippen molar-refractivity contribution in [1.82, 2.24) is 15.3 Å². The topological polar surface area (TPSA) is 92.7 Å². The first kappa shape index (κ1) is 23.9. The Labute approximate surface area is 197 Å². The van der Waals surface area contributed by atoms with Gasteiger partial charge in [-0.1, -0.05) is 12.1 Å². The molecule has 3 aromatic rings. The standard InChI is InChI=1S/C23H25FN6O2S/c1-14-9-15(2)27-22(26-14)29-21(25-13-16-5-7-17(24)8-6-16)30-23(33)28-18-10-19(31-3)12-20(11-18)32-4/h5-12H,13H2,1-4H3,(H3,25,26,27,28,29,30,33). The number of guanidine groups is 1. The lowest BCUT2D eigenvalue weighted by Gasteiger charge is -2.15. The van der Waals surface area contributed by atoms with Crippen molar-refractivity contribution in [2.45, 2.75) is 20.4 Å². The van der Waals surface area contributed by atoms with E-state index in [1.165, 1.54) is 12.1 Å². The molecule has 1 heterocycles. The van der Waals surface area contributed by atoms with Crippen molar-refractivity contribution in [2.24, 2.45) is 4.99 Å². The molecule has 3 rings (SSSR count). The van der Waals surface area contributed by atoms with Crippen LogP contribution in [0.2, 0.25) is 0 Å². The Balaban J connectivity index is 1.79. The minimum Gasteiger partial charge on any atom is -0.497 e. The Morgan fingerprint density at radius 3 is 2.12 bits per heavy atom. The zero-order valence-electron chi connectivity index (χ0n) is 18.8. The summed E-state index contributed by atoms with van der Waals surface area (Å²) in [7, 11) is 3.15. The lowest BCUT2D eigenvalue weighted by atomic mass is 10.2. The predicted molar refractivity (Wildman–Crippen MR) is 132 cm³/mol. The largest absolute Gasteiger partial charge is 0.497 e. The van der Waals surface area contributed by atoms with Crippen LogP contribution in [0.3, 0.4) is 0 Å². The molecule has 3 N–H and O–H groups in total. The highest BCUT2D eigenvalue weighted by molar-refractivity contribution is 7.80. The SMILES string of the molecule is COc1cc(NC(=S)NC(=NCc2ccc(F)cc2)Nc2nc(C)cc(C)n2)cc(OC)c1. The van der Waals surface area contributed by atoms with E-state index in [1.807, 2.05) is 19.9 Å². The first-order valence-electron chi connectivity index (χ1n) is 10.0. The van der Waals surface area contributed by atoms with Crippen LogP contribution in [-0.2, 0) is 6.54 Å². The highest BCUT2D eigenvalue weighted by Gasteiger charge is 2.09. The number of hydrogen-bond acceptors (Lipinski definition) is 6. The van der Waals surface area contributed by atoms with E-state index in [-0.39, 0.29) is 17.5 Å². The zero-order chi connectivity index (χ0) is 23.8. The second-order valence-corrected chi connectivity index (χ2v) is 7.48. The first-order valence-corrected chi connectivity index (χ1v) is 10.4. The maximum atomic E-state index is 13.2. The molecule has 0 fully saturated rings. The number of aromatic nitrogens is 2. The van der Waals surface area contributed by atoms with Gasteiger partial charge in [-0.3, -0.25) is 5.32 Å². The van der Waals surface area contributed by atoms with E-state index in [0.29, 0.717) is 29.1 Å². The Morgan fingerprint density at radius 1 is 0.939 bits per heavy atom. The normalized spacial score (nSPS) is 11.0. The van der Waals surface area contributed by atoms with E-state index in [2.05, 4.69) is 30.9 Å². The molecule has 0 radical (unpaired) electrons. The zero-order valence-corrected chi connectivity index (χ0v) is 19.6. The molecule has 0 aliphatic heterocycles. The molecule has 1 aromatic heterocycles. The molecule has 0 saturated heterocycles. The number of aliphatic imine (C=N–C) groups is 1. The van der Waals surface area contributed by atoms with E-state index >= 15 is 0 Å². The van der Waals surface area contributed by atoms with Gasteiger partial charge in [-0.05, 0) is 49.8 Å². The number of halogens is 1.